The number of carbonyl (C=O) groups is 1. The molecule has 1 aromatic rings. The van der Waals surface area contributed by atoms with Crippen molar-refractivity contribution in [3.63, 3.8) is 0 Å². The summed E-state index contributed by atoms with van der Waals surface area (Å²) in [6.45, 7) is 0.114. The second kappa shape index (κ2) is 12.2. The Labute approximate surface area is 171 Å². The van der Waals surface area contributed by atoms with E-state index in [1.165, 1.54) is 13.2 Å². The number of carbonyl (C=O) groups excluding carboxylic acids is 1. The molecule has 1 aliphatic rings. The van der Waals surface area contributed by atoms with Crippen molar-refractivity contribution in [1.29, 1.82) is 0 Å². The Morgan fingerprint density at radius 2 is 1.93 bits per heavy atom. The van der Waals surface area contributed by atoms with Gasteiger partial charge in [0.2, 0.25) is 0 Å². The Balaban J connectivity index is 1.83. The lowest BCUT2D eigenvalue weighted by atomic mass is 9.89. The maximum absolute atomic E-state index is 11.0. The molecule has 0 bridgehead atoms. The molecule has 1 aromatic carbocycles. The molecule has 0 radical (unpaired) electrons. The first kappa shape index (κ1) is 22.9. The molecule has 5 atom stereocenters. The van der Waals surface area contributed by atoms with Gasteiger partial charge in [0.15, 0.2) is 0 Å². The molecule has 1 aliphatic carbocycles. The van der Waals surface area contributed by atoms with Crippen molar-refractivity contribution in [2.75, 3.05) is 13.7 Å². The molecule has 0 amide bonds. The number of aliphatic hydroxyl groups is 3. The molecule has 3 N–H and O–H groups in total. The minimum absolute atomic E-state index is 0.114. The number of hydrogen-bond acceptors (Lipinski definition) is 6. The normalized spacial score (nSPS) is 25.8. The quantitative estimate of drug-likeness (QED) is 0.316. The number of benzene rings is 1. The van der Waals surface area contributed by atoms with Gasteiger partial charge in [-0.3, -0.25) is 0 Å². The van der Waals surface area contributed by atoms with E-state index in [2.05, 4.69) is 4.74 Å². The fourth-order valence-corrected chi connectivity index (χ4v) is 3.38. The maximum Gasteiger partial charge on any atom is 0.330 e. The molecule has 6 heteroatoms. The van der Waals surface area contributed by atoms with Crippen LogP contribution < -0.4 is 4.74 Å². The molecule has 6 nitrogen and oxygen atoms in total. The van der Waals surface area contributed by atoms with E-state index in [1.54, 1.807) is 18.2 Å². The Hall–Kier alpha value is -2.41. The highest BCUT2D eigenvalue weighted by Gasteiger charge is 2.39. The van der Waals surface area contributed by atoms with Crippen LogP contribution in [-0.2, 0) is 9.53 Å². The summed E-state index contributed by atoms with van der Waals surface area (Å²) >= 11 is 0. The third kappa shape index (κ3) is 7.85. The van der Waals surface area contributed by atoms with E-state index < -0.39 is 24.3 Å². The highest BCUT2D eigenvalue weighted by Crippen LogP contribution is 2.36. The summed E-state index contributed by atoms with van der Waals surface area (Å²) < 4.78 is 10.0. The summed E-state index contributed by atoms with van der Waals surface area (Å²) in [7, 11) is 1.33. The van der Waals surface area contributed by atoms with Gasteiger partial charge in [-0.2, -0.15) is 0 Å². The van der Waals surface area contributed by atoms with Crippen molar-refractivity contribution in [2.45, 2.75) is 37.6 Å². The maximum atomic E-state index is 11.0. The van der Waals surface area contributed by atoms with Crippen molar-refractivity contribution >= 4 is 5.97 Å². The Morgan fingerprint density at radius 1 is 1.17 bits per heavy atom. The van der Waals surface area contributed by atoms with Gasteiger partial charge in [-0.15, -0.1) is 0 Å². The molecule has 29 heavy (non-hydrogen) atoms. The average Bonchev–Trinajstić information content (AvgIpc) is 3.00. The van der Waals surface area contributed by atoms with Crippen LogP contribution in [0.5, 0.6) is 5.75 Å². The number of methoxy groups -OCH3 is 1. The highest BCUT2D eigenvalue weighted by molar-refractivity contribution is 5.81. The number of para-hydroxylation sites is 1. The van der Waals surface area contributed by atoms with E-state index in [0.29, 0.717) is 25.0 Å². The predicted octanol–water partition coefficient (Wildman–Crippen LogP) is 2.41. The fraction of sp³-hybridized carbons (Fsp3) is 0.435. The van der Waals surface area contributed by atoms with E-state index in [0.717, 1.165) is 0 Å². The first-order valence-electron chi connectivity index (χ1n) is 9.81. The van der Waals surface area contributed by atoms with Crippen molar-refractivity contribution in [2.24, 2.45) is 11.8 Å². The Kier molecular flexibility index (Phi) is 9.64. The Bertz CT molecular complexity index is 697. The lowest BCUT2D eigenvalue weighted by molar-refractivity contribution is -0.134. The van der Waals surface area contributed by atoms with Gasteiger partial charge in [-0.1, -0.05) is 48.6 Å². The van der Waals surface area contributed by atoms with Crippen LogP contribution in [0, 0.1) is 11.8 Å². The van der Waals surface area contributed by atoms with Crippen LogP contribution in [0.4, 0.5) is 0 Å². The fourth-order valence-electron chi connectivity index (χ4n) is 3.38. The molecule has 1 fully saturated rings. The number of ether oxygens (including phenoxy) is 2. The molecule has 0 heterocycles. The van der Waals surface area contributed by atoms with Gasteiger partial charge in [0.05, 0.1) is 19.3 Å². The molecule has 1 saturated carbocycles. The van der Waals surface area contributed by atoms with E-state index in [-0.39, 0.29) is 18.4 Å². The van der Waals surface area contributed by atoms with Crippen LogP contribution in [-0.4, -0.2) is 53.3 Å². The summed E-state index contributed by atoms with van der Waals surface area (Å²) in [5, 5.41) is 30.7. The minimum atomic E-state index is -0.806. The van der Waals surface area contributed by atoms with Gasteiger partial charge in [0, 0.05) is 18.4 Å². The van der Waals surface area contributed by atoms with Crippen LogP contribution in [0.1, 0.15) is 19.3 Å². The van der Waals surface area contributed by atoms with Crippen LogP contribution in [0.2, 0.25) is 0 Å². The predicted molar refractivity (Wildman–Crippen MR) is 110 cm³/mol. The molecular weight excluding hydrogens is 372 g/mol. The third-order valence-corrected chi connectivity index (χ3v) is 4.94. The van der Waals surface area contributed by atoms with Crippen LogP contribution in [0.3, 0.4) is 0 Å². The highest BCUT2D eigenvalue weighted by atomic mass is 16.5. The van der Waals surface area contributed by atoms with Gasteiger partial charge in [0.25, 0.3) is 0 Å². The lowest BCUT2D eigenvalue weighted by Crippen LogP contribution is -2.21. The molecular formula is C23H30O6. The third-order valence-electron chi connectivity index (χ3n) is 4.94. The Morgan fingerprint density at radius 3 is 2.66 bits per heavy atom. The number of rotatable bonds is 10. The van der Waals surface area contributed by atoms with Gasteiger partial charge >= 0.3 is 5.97 Å². The summed E-state index contributed by atoms with van der Waals surface area (Å²) in [6.07, 6.45) is 9.71. The zero-order chi connectivity index (χ0) is 21.1. The minimum Gasteiger partial charge on any atom is -0.491 e. The molecule has 0 spiro atoms. The second-order valence-electron chi connectivity index (χ2n) is 7.06. The number of esters is 1. The van der Waals surface area contributed by atoms with Gasteiger partial charge < -0.3 is 24.8 Å². The lowest BCUT2D eigenvalue weighted by Gasteiger charge is -2.19. The second-order valence-corrected chi connectivity index (χ2v) is 7.06. The molecule has 0 saturated heterocycles. The van der Waals surface area contributed by atoms with Crippen LogP contribution in [0.15, 0.2) is 66.8 Å². The van der Waals surface area contributed by atoms with Crippen LogP contribution in [0.25, 0.3) is 0 Å². The van der Waals surface area contributed by atoms with Crippen LogP contribution >= 0.6 is 0 Å². The van der Waals surface area contributed by atoms with Crippen molar-refractivity contribution in [1.82, 2.24) is 0 Å². The number of allylic oxidation sites excluding steroid dienone is 3. The topological polar surface area (TPSA) is 96.2 Å². The molecule has 0 aromatic heterocycles. The molecule has 2 rings (SSSR count). The van der Waals surface area contributed by atoms with E-state index >= 15 is 0 Å². The zero-order valence-corrected chi connectivity index (χ0v) is 16.6. The molecule has 0 aliphatic heterocycles. The zero-order valence-electron chi connectivity index (χ0n) is 16.6. The summed E-state index contributed by atoms with van der Waals surface area (Å²) in [6, 6.07) is 9.24. The SMILES string of the molecule is COC(=O)/C=C/C/C=C/C[C@@H]1[C@@H](/C=C/C(O)COc2ccccc2)[C@H](O)C[C@@H]1O. The largest absolute Gasteiger partial charge is 0.491 e. The van der Waals surface area contributed by atoms with Crippen molar-refractivity contribution < 1.29 is 29.6 Å². The van der Waals surface area contributed by atoms with E-state index in [9.17, 15) is 20.1 Å². The molecule has 158 valence electrons. The first-order chi connectivity index (χ1) is 14.0. The molecule has 1 unspecified atom stereocenters. The van der Waals surface area contributed by atoms with Crippen molar-refractivity contribution in [3.05, 3.63) is 66.8 Å². The first-order valence-corrected chi connectivity index (χ1v) is 9.81. The van der Waals surface area contributed by atoms with E-state index in [4.69, 9.17) is 4.74 Å². The van der Waals surface area contributed by atoms with Gasteiger partial charge in [0.1, 0.15) is 18.5 Å². The number of aliphatic hydroxyl groups excluding tert-OH is 3. The summed E-state index contributed by atoms with van der Waals surface area (Å²) in [4.78, 5) is 11.0. The van der Waals surface area contributed by atoms with Gasteiger partial charge in [-0.05, 0) is 30.9 Å². The average molecular weight is 402 g/mol. The summed E-state index contributed by atoms with van der Waals surface area (Å²) in [5.41, 5.74) is 0. The monoisotopic (exact) mass is 402 g/mol. The van der Waals surface area contributed by atoms with E-state index in [1.807, 2.05) is 42.5 Å². The number of hydrogen-bond donors (Lipinski definition) is 3. The summed E-state index contributed by atoms with van der Waals surface area (Å²) in [5.74, 6) is -0.0933. The smallest absolute Gasteiger partial charge is 0.330 e. The standard InChI is InChI=1S/C23H30O6/c1-28-23(27)12-8-3-2-7-11-19-20(22(26)15-21(19)25)14-13-17(24)16-29-18-9-5-4-6-10-18/h2,4-10,12-14,17,19-22,24-26H,3,11,15-16H2,1H3/b7-2+,12-8+,14-13+/t17?,19-,20-,21+,22-/m1/s1. The van der Waals surface area contributed by atoms with Gasteiger partial charge in [-0.25, -0.2) is 4.79 Å². The van der Waals surface area contributed by atoms with Crippen molar-refractivity contribution in [3.8, 4) is 5.75 Å².